The van der Waals surface area contributed by atoms with Crippen molar-refractivity contribution in [2.45, 2.75) is 51.6 Å². The van der Waals surface area contributed by atoms with Crippen LogP contribution < -0.4 is 0 Å². The molecule has 110 valence electrons. The van der Waals surface area contributed by atoms with Gasteiger partial charge in [0.05, 0.1) is 11.7 Å². The minimum Gasteiger partial charge on any atom is -0.428 e. The molecule has 0 radical (unpaired) electrons. The van der Waals surface area contributed by atoms with E-state index in [-0.39, 0.29) is 28.9 Å². The first-order chi connectivity index (χ1) is 9.12. The fourth-order valence-electron chi connectivity index (χ4n) is 3.77. The third kappa shape index (κ3) is 1.84. The maximum Gasteiger partial charge on any atom is 0.336 e. The van der Waals surface area contributed by atoms with Gasteiger partial charge in [-0.15, -0.1) is 0 Å². The number of allylic oxidation sites excluding steroid dienone is 1. The Balaban J connectivity index is 2.12. The number of carbonyl (C=O) groups excluding carboxylic acids is 1. The van der Waals surface area contributed by atoms with Gasteiger partial charge in [0.1, 0.15) is 0 Å². The Bertz CT molecular complexity index is 540. The lowest BCUT2D eigenvalue weighted by Crippen LogP contribution is -2.34. The van der Waals surface area contributed by atoms with Crippen molar-refractivity contribution in [2.75, 3.05) is 0 Å². The highest BCUT2D eigenvalue weighted by atomic mass is 16.6. The third-order valence-corrected chi connectivity index (χ3v) is 4.61. The van der Waals surface area contributed by atoms with Crippen LogP contribution in [0.25, 0.3) is 0 Å². The molecule has 0 amide bonds. The molecule has 0 unspecified atom stereocenters. The van der Waals surface area contributed by atoms with E-state index in [9.17, 15) is 20.1 Å². The standard InChI is InChI=1S/C15H20O5/c1-14(2)4-7-9(6-14)15(3,19)5-8-10(11(7)16)13(18)20-12(8)17/h6-7,11,13,16,18-19H,4-5H2,1-3H3/t7-,11+,13-,15+/m0/s1. The van der Waals surface area contributed by atoms with E-state index in [2.05, 4.69) is 0 Å². The molecule has 3 N–H and O–H groups in total. The summed E-state index contributed by atoms with van der Waals surface area (Å²) in [6.45, 7) is 5.73. The Morgan fingerprint density at radius 3 is 2.60 bits per heavy atom. The Kier molecular flexibility index (Phi) is 2.71. The second-order valence-electron chi connectivity index (χ2n) is 6.99. The molecule has 0 fully saturated rings. The lowest BCUT2D eigenvalue weighted by atomic mass is 9.82. The number of aliphatic hydroxyl groups excluding tert-OH is 2. The van der Waals surface area contributed by atoms with Gasteiger partial charge in [-0.2, -0.15) is 0 Å². The van der Waals surface area contributed by atoms with Crippen molar-refractivity contribution in [3.8, 4) is 0 Å². The molecule has 5 nitrogen and oxygen atoms in total. The predicted octanol–water partition coefficient (Wildman–Crippen LogP) is 0.646. The molecule has 4 atom stereocenters. The van der Waals surface area contributed by atoms with E-state index in [1.807, 2.05) is 19.9 Å². The number of carbonyl (C=O) groups is 1. The second kappa shape index (κ2) is 3.93. The van der Waals surface area contributed by atoms with Gasteiger partial charge in [-0.05, 0) is 24.3 Å². The molecule has 0 aromatic heterocycles. The highest BCUT2D eigenvalue weighted by Gasteiger charge is 2.52. The van der Waals surface area contributed by atoms with Gasteiger partial charge in [-0.25, -0.2) is 4.79 Å². The van der Waals surface area contributed by atoms with Crippen LogP contribution in [0.15, 0.2) is 22.8 Å². The number of fused-ring (bicyclic) bond motifs is 1. The van der Waals surface area contributed by atoms with Gasteiger partial charge >= 0.3 is 5.97 Å². The van der Waals surface area contributed by atoms with Crippen molar-refractivity contribution in [3.05, 3.63) is 22.8 Å². The summed E-state index contributed by atoms with van der Waals surface area (Å²) in [5.41, 5.74) is -0.147. The number of esters is 1. The average Bonchev–Trinajstić information content (AvgIpc) is 2.74. The van der Waals surface area contributed by atoms with Crippen LogP contribution in [0.1, 0.15) is 33.6 Å². The highest BCUT2D eigenvalue weighted by Crippen LogP contribution is 2.51. The molecular formula is C15H20O5. The summed E-state index contributed by atoms with van der Waals surface area (Å²) in [6, 6.07) is 0. The monoisotopic (exact) mass is 280 g/mol. The van der Waals surface area contributed by atoms with Gasteiger partial charge in [0, 0.05) is 23.5 Å². The molecule has 0 spiro atoms. The maximum absolute atomic E-state index is 11.8. The molecule has 0 aromatic carbocycles. The quantitative estimate of drug-likeness (QED) is 0.448. The summed E-state index contributed by atoms with van der Waals surface area (Å²) in [6.07, 6.45) is 0.325. The van der Waals surface area contributed by atoms with E-state index in [0.717, 1.165) is 5.57 Å². The molecule has 0 saturated heterocycles. The zero-order valence-corrected chi connectivity index (χ0v) is 11.9. The Morgan fingerprint density at radius 2 is 1.95 bits per heavy atom. The summed E-state index contributed by atoms with van der Waals surface area (Å²) >= 11 is 0. The second-order valence-corrected chi connectivity index (χ2v) is 6.99. The van der Waals surface area contributed by atoms with E-state index in [1.54, 1.807) is 6.92 Å². The normalized spacial score (nSPS) is 42.8. The van der Waals surface area contributed by atoms with E-state index < -0.39 is 24.0 Å². The summed E-state index contributed by atoms with van der Waals surface area (Å²) in [5.74, 6) is -0.941. The van der Waals surface area contributed by atoms with Gasteiger partial charge in [-0.3, -0.25) is 0 Å². The van der Waals surface area contributed by atoms with Crippen LogP contribution in [0.2, 0.25) is 0 Å². The summed E-state index contributed by atoms with van der Waals surface area (Å²) in [7, 11) is 0. The van der Waals surface area contributed by atoms with E-state index in [4.69, 9.17) is 4.74 Å². The van der Waals surface area contributed by atoms with Crippen LogP contribution in [0.4, 0.5) is 0 Å². The van der Waals surface area contributed by atoms with Crippen LogP contribution in [0, 0.1) is 11.3 Å². The Labute approximate surface area is 117 Å². The summed E-state index contributed by atoms with van der Waals surface area (Å²) < 4.78 is 4.78. The van der Waals surface area contributed by atoms with Crippen molar-refractivity contribution in [3.63, 3.8) is 0 Å². The van der Waals surface area contributed by atoms with Crippen LogP contribution in [-0.4, -0.2) is 39.3 Å². The van der Waals surface area contributed by atoms with Crippen LogP contribution in [-0.2, 0) is 9.53 Å². The van der Waals surface area contributed by atoms with Crippen LogP contribution >= 0.6 is 0 Å². The van der Waals surface area contributed by atoms with Gasteiger partial charge < -0.3 is 20.1 Å². The SMILES string of the molecule is CC1(C)C=C2[C@H](C1)[C@@H](O)C1=C(C[C@@]2(C)O)C(=O)O[C@@H]1O. The van der Waals surface area contributed by atoms with Gasteiger partial charge in [-0.1, -0.05) is 19.9 Å². The summed E-state index contributed by atoms with van der Waals surface area (Å²) in [4.78, 5) is 11.8. The number of hydrogen-bond donors (Lipinski definition) is 3. The molecule has 0 saturated carbocycles. The Morgan fingerprint density at radius 1 is 1.30 bits per heavy atom. The topological polar surface area (TPSA) is 87.0 Å². The lowest BCUT2D eigenvalue weighted by molar-refractivity contribution is -0.153. The molecule has 1 aliphatic heterocycles. The molecule has 3 aliphatic rings. The zero-order chi connectivity index (χ0) is 14.9. The number of ether oxygens (including phenoxy) is 1. The first-order valence-corrected chi connectivity index (χ1v) is 6.88. The van der Waals surface area contributed by atoms with E-state index in [1.165, 1.54) is 0 Å². The minimum absolute atomic E-state index is 0.0632. The number of rotatable bonds is 0. The van der Waals surface area contributed by atoms with E-state index >= 15 is 0 Å². The molecule has 0 bridgehead atoms. The average molecular weight is 280 g/mol. The van der Waals surface area contributed by atoms with E-state index in [0.29, 0.717) is 6.42 Å². The number of hydrogen-bond acceptors (Lipinski definition) is 5. The molecular weight excluding hydrogens is 260 g/mol. The van der Waals surface area contributed by atoms with Gasteiger partial charge in [0.2, 0.25) is 6.29 Å². The predicted molar refractivity (Wildman–Crippen MR) is 70.3 cm³/mol. The maximum atomic E-state index is 11.8. The van der Waals surface area contributed by atoms with Crippen molar-refractivity contribution >= 4 is 5.97 Å². The van der Waals surface area contributed by atoms with Crippen LogP contribution in [0.3, 0.4) is 0 Å². The van der Waals surface area contributed by atoms with Gasteiger partial charge in [0.15, 0.2) is 0 Å². The van der Waals surface area contributed by atoms with Crippen molar-refractivity contribution in [2.24, 2.45) is 11.3 Å². The third-order valence-electron chi connectivity index (χ3n) is 4.61. The van der Waals surface area contributed by atoms with Crippen molar-refractivity contribution < 1.29 is 24.9 Å². The van der Waals surface area contributed by atoms with Crippen molar-refractivity contribution in [1.29, 1.82) is 0 Å². The largest absolute Gasteiger partial charge is 0.428 e. The molecule has 20 heavy (non-hydrogen) atoms. The minimum atomic E-state index is -1.40. The van der Waals surface area contributed by atoms with Gasteiger partial charge in [0.25, 0.3) is 0 Å². The first kappa shape index (κ1) is 13.8. The number of aliphatic hydroxyl groups is 3. The van der Waals surface area contributed by atoms with Crippen molar-refractivity contribution in [1.82, 2.24) is 0 Å². The first-order valence-electron chi connectivity index (χ1n) is 6.88. The molecule has 3 rings (SSSR count). The molecule has 1 heterocycles. The zero-order valence-electron chi connectivity index (χ0n) is 11.9. The fourth-order valence-corrected chi connectivity index (χ4v) is 3.77. The van der Waals surface area contributed by atoms with Crippen LogP contribution in [0.5, 0.6) is 0 Å². The molecule has 2 aliphatic carbocycles. The fraction of sp³-hybridized carbons (Fsp3) is 0.667. The molecule has 0 aromatic rings. The lowest BCUT2D eigenvalue weighted by Gasteiger charge is -2.29. The highest BCUT2D eigenvalue weighted by molar-refractivity contribution is 5.93. The number of cyclic esters (lactones) is 1. The summed E-state index contributed by atoms with van der Waals surface area (Å²) in [5, 5.41) is 31.2. The Hall–Kier alpha value is -1.17. The molecule has 5 heteroatoms. The smallest absolute Gasteiger partial charge is 0.336 e.